The summed E-state index contributed by atoms with van der Waals surface area (Å²) in [7, 11) is 0. The van der Waals surface area contributed by atoms with Crippen molar-refractivity contribution in [3.8, 4) is 0 Å². The van der Waals surface area contributed by atoms with Crippen molar-refractivity contribution in [2.45, 2.75) is 32.7 Å². The fourth-order valence-electron chi connectivity index (χ4n) is 3.77. The summed E-state index contributed by atoms with van der Waals surface area (Å²) < 4.78 is 80.4. The molecule has 0 aliphatic heterocycles. The molecule has 4 rings (SSSR count). The number of rotatable bonds is 4. The van der Waals surface area contributed by atoms with Gasteiger partial charge in [0.15, 0.2) is 0 Å². The Hall–Kier alpha value is -3.31. The first kappa shape index (κ1) is 26.7. The van der Waals surface area contributed by atoms with E-state index >= 15 is 0 Å². The number of aromatic nitrogens is 3. The number of nitrogens with zero attached hydrogens (tertiary/aromatic N) is 3. The highest BCUT2D eigenvalue weighted by Gasteiger charge is 2.35. The molecule has 1 N–H and O–H groups in total. The van der Waals surface area contributed by atoms with Crippen LogP contribution in [-0.4, -0.2) is 20.7 Å². The van der Waals surface area contributed by atoms with Crippen LogP contribution in [0.5, 0.6) is 0 Å². The van der Waals surface area contributed by atoms with Crippen molar-refractivity contribution in [3.63, 3.8) is 0 Å². The number of amides is 1. The number of nitrogens with one attached hydrogen (secondary N) is 1. The number of hydrogen-bond acceptors (Lipinski definition) is 3. The molecule has 0 aliphatic carbocycles. The van der Waals surface area contributed by atoms with Crippen molar-refractivity contribution in [1.82, 2.24) is 14.8 Å². The third-order valence-corrected chi connectivity index (χ3v) is 6.11. The normalized spacial score (nSPS) is 12.3. The van der Waals surface area contributed by atoms with Crippen molar-refractivity contribution in [2.75, 3.05) is 5.32 Å². The van der Waals surface area contributed by atoms with E-state index in [1.54, 1.807) is 13.8 Å². The van der Waals surface area contributed by atoms with Crippen LogP contribution in [0.1, 0.15) is 38.6 Å². The number of anilines is 1. The summed E-state index contributed by atoms with van der Waals surface area (Å²) >= 11 is 12.1. The number of hydrogen-bond donors (Lipinski definition) is 1. The van der Waals surface area contributed by atoms with Gasteiger partial charge in [-0.3, -0.25) is 9.48 Å². The van der Waals surface area contributed by atoms with E-state index in [-0.39, 0.29) is 38.7 Å². The first-order chi connectivity index (χ1) is 17.1. The number of halogens is 8. The molecule has 0 radical (unpaired) electrons. The number of pyridine rings is 1. The molecule has 0 spiro atoms. The van der Waals surface area contributed by atoms with Crippen LogP contribution in [0.15, 0.2) is 42.5 Å². The summed E-state index contributed by atoms with van der Waals surface area (Å²) in [5.74, 6) is -0.878. The minimum absolute atomic E-state index is 0.0236. The zero-order chi connectivity index (χ0) is 27.3. The Kier molecular flexibility index (Phi) is 6.89. The molecule has 0 atom stereocenters. The van der Waals surface area contributed by atoms with Crippen molar-refractivity contribution in [2.24, 2.45) is 0 Å². The predicted octanol–water partition coefficient (Wildman–Crippen LogP) is 7.69. The van der Waals surface area contributed by atoms with Gasteiger partial charge in [0.25, 0.3) is 5.91 Å². The van der Waals surface area contributed by atoms with Gasteiger partial charge in [-0.1, -0.05) is 35.3 Å². The van der Waals surface area contributed by atoms with Crippen LogP contribution in [0.2, 0.25) is 10.0 Å². The summed E-state index contributed by atoms with van der Waals surface area (Å²) in [6, 6.07) is 7.65. The van der Waals surface area contributed by atoms with E-state index in [4.69, 9.17) is 23.2 Å². The van der Waals surface area contributed by atoms with E-state index in [1.165, 1.54) is 28.9 Å². The molecular weight excluding hydrogens is 545 g/mol. The highest BCUT2D eigenvalue weighted by atomic mass is 35.5. The molecule has 0 saturated heterocycles. The molecule has 5 nitrogen and oxygen atoms in total. The molecule has 2 heterocycles. The average Bonchev–Trinajstić information content (AvgIpc) is 3.04. The first-order valence-electron chi connectivity index (χ1n) is 10.5. The molecule has 0 saturated carbocycles. The monoisotopic (exact) mass is 560 g/mol. The van der Waals surface area contributed by atoms with Crippen LogP contribution in [0.4, 0.5) is 32.0 Å². The lowest BCUT2D eigenvalue weighted by molar-refractivity contribution is -0.141. The largest absolute Gasteiger partial charge is 0.433 e. The topological polar surface area (TPSA) is 59.8 Å². The molecule has 0 unspecified atom stereocenters. The molecule has 37 heavy (non-hydrogen) atoms. The third kappa shape index (κ3) is 5.52. The standard InChI is InChI=1S/C24H16Cl2F6N4O/c1-11-20(12(2)36(35-11)10-13-3-5-14(6-4-13)23(27,28)29)34-22(37)17-9-19(24(30,31)32)33-21-16(17)7-15(25)8-18(21)26/h3-9H,10H2,1-2H3,(H,34,37). The van der Waals surface area contributed by atoms with Crippen LogP contribution in [0.25, 0.3) is 10.9 Å². The highest BCUT2D eigenvalue weighted by molar-refractivity contribution is 6.39. The lowest BCUT2D eigenvalue weighted by Gasteiger charge is -2.13. The van der Waals surface area contributed by atoms with Gasteiger partial charge < -0.3 is 5.32 Å². The van der Waals surface area contributed by atoms with Crippen LogP contribution in [-0.2, 0) is 18.9 Å². The van der Waals surface area contributed by atoms with Gasteiger partial charge in [0, 0.05) is 10.4 Å². The summed E-state index contributed by atoms with van der Waals surface area (Å²) in [4.78, 5) is 16.8. The van der Waals surface area contributed by atoms with Crippen molar-refractivity contribution < 1.29 is 31.1 Å². The molecule has 0 bridgehead atoms. The maximum Gasteiger partial charge on any atom is 0.433 e. The minimum atomic E-state index is -4.84. The molecule has 0 fully saturated rings. The van der Waals surface area contributed by atoms with Gasteiger partial charge in [-0.15, -0.1) is 0 Å². The van der Waals surface area contributed by atoms with Crippen molar-refractivity contribution in [1.29, 1.82) is 0 Å². The second-order valence-electron chi connectivity index (χ2n) is 8.19. The van der Waals surface area contributed by atoms with Crippen molar-refractivity contribution in [3.05, 3.63) is 86.3 Å². The number of carbonyl (C=O) groups excluding carboxylic acids is 1. The SMILES string of the molecule is Cc1nn(Cc2ccc(C(F)(F)F)cc2)c(C)c1NC(=O)c1cc(C(F)(F)F)nc2c(Cl)cc(Cl)cc12. The van der Waals surface area contributed by atoms with E-state index in [2.05, 4.69) is 15.4 Å². The van der Waals surface area contributed by atoms with E-state index in [0.29, 0.717) is 23.0 Å². The van der Waals surface area contributed by atoms with Crippen LogP contribution >= 0.6 is 23.2 Å². The molecular formula is C24H16Cl2F6N4O. The predicted molar refractivity (Wildman–Crippen MR) is 127 cm³/mol. The second kappa shape index (κ2) is 9.53. The van der Waals surface area contributed by atoms with Gasteiger partial charge in [-0.2, -0.15) is 31.4 Å². The fraction of sp³-hybridized carbons (Fsp3) is 0.208. The molecule has 2 aromatic carbocycles. The summed E-state index contributed by atoms with van der Waals surface area (Å²) in [5, 5.41) is 6.88. The third-order valence-electron chi connectivity index (χ3n) is 5.60. The molecule has 2 aromatic heterocycles. The molecule has 0 aliphatic rings. The number of fused-ring (bicyclic) bond motifs is 1. The van der Waals surface area contributed by atoms with Gasteiger partial charge in [0.2, 0.25) is 0 Å². The van der Waals surface area contributed by atoms with E-state index < -0.39 is 29.5 Å². The fourth-order valence-corrected chi connectivity index (χ4v) is 4.31. The Morgan fingerprint density at radius 3 is 2.22 bits per heavy atom. The number of aryl methyl sites for hydroxylation is 1. The number of benzene rings is 2. The average molecular weight is 561 g/mol. The van der Waals surface area contributed by atoms with E-state index in [9.17, 15) is 31.1 Å². The van der Waals surface area contributed by atoms with Crippen LogP contribution in [0.3, 0.4) is 0 Å². The number of alkyl halides is 6. The van der Waals surface area contributed by atoms with E-state index in [0.717, 1.165) is 12.1 Å². The Morgan fingerprint density at radius 2 is 1.62 bits per heavy atom. The Labute approximate surface area is 216 Å². The second-order valence-corrected chi connectivity index (χ2v) is 9.03. The van der Waals surface area contributed by atoms with E-state index in [1.807, 2.05) is 0 Å². The summed E-state index contributed by atoms with van der Waals surface area (Å²) in [5.41, 5.74) is -1.13. The lowest BCUT2D eigenvalue weighted by Crippen LogP contribution is -2.17. The maximum absolute atomic E-state index is 13.5. The van der Waals surface area contributed by atoms with Crippen molar-refractivity contribution >= 4 is 45.7 Å². The zero-order valence-electron chi connectivity index (χ0n) is 19.0. The van der Waals surface area contributed by atoms with Gasteiger partial charge in [-0.05, 0) is 49.7 Å². The molecule has 1 amide bonds. The Morgan fingerprint density at radius 1 is 0.973 bits per heavy atom. The Bertz CT molecular complexity index is 1510. The molecule has 4 aromatic rings. The smallest absolute Gasteiger partial charge is 0.319 e. The van der Waals surface area contributed by atoms with Crippen LogP contribution in [0, 0.1) is 13.8 Å². The highest BCUT2D eigenvalue weighted by Crippen LogP contribution is 2.35. The molecule has 194 valence electrons. The maximum atomic E-state index is 13.5. The zero-order valence-corrected chi connectivity index (χ0v) is 20.5. The lowest BCUT2D eigenvalue weighted by atomic mass is 10.1. The van der Waals surface area contributed by atoms with Gasteiger partial charge >= 0.3 is 12.4 Å². The minimum Gasteiger partial charge on any atom is -0.319 e. The van der Waals surface area contributed by atoms with Crippen LogP contribution < -0.4 is 5.32 Å². The Balaban J connectivity index is 1.68. The van der Waals surface area contributed by atoms with Gasteiger partial charge in [-0.25, -0.2) is 4.98 Å². The summed E-state index contributed by atoms with van der Waals surface area (Å²) in [6.07, 6.45) is -9.31. The van der Waals surface area contributed by atoms with Gasteiger partial charge in [0.05, 0.1) is 45.3 Å². The number of carbonyl (C=O) groups is 1. The summed E-state index contributed by atoms with van der Waals surface area (Å²) in [6.45, 7) is 3.28. The first-order valence-corrected chi connectivity index (χ1v) is 11.3. The van der Waals surface area contributed by atoms with Gasteiger partial charge in [0.1, 0.15) is 5.69 Å². The quantitative estimate of drug-likeness (QED) is 0.260. The molecule has 13 heteroatoms.